The Morgan fingerprint density at radius 2 is 2.05 bits per heavy atom. The van der Waals surface area contributed by atoms with E-state index in [-0.39, 0.29) is 0 Å². The van der Waals surface area contributed by atoms with Crippen molar-refractivity contribution in [3.8, 4) is 0 Å². The van der Waals surface area contributed by atoms with E-state index in [1.807, 2.05) is 11.3 Å². The zero-order valence-electron chi connectivity index (χ0n) is 12.4. The third-order valence-corrected chi connectivity index (χ3v) is 6.87. The van der Waals surface area contributed by atoms with Gasteiger partial charge in [-0.1, -0.05) is 6.92 Å². The van der Waals surface area contributed by atoms with E-state index in [2.05, 4.69) is 52.3 Å². The lowest BCUT2D eigenvalue weighted by Gasteiger charge is -2.40. The maximum Gasteiger partial charge on any atom is 0.0701 e. The Labute approximate surface area is 135 Å². The maximum atomic E-state index is 3.77. The van der Waals surface area contributed by atoms with Crippen LogP contribution in [0.4, 0.5) is 0 Å². The van der Waals surface area contributed by atoms with Crippen LogP contribution in [-0.4, -0.2) is 36.6 Å². The molecule has 2 fully saturated rings. The molecule has 4 heteroatoms. The summed E-state index contributed by atoms with van der Waals surface area (Å²) in [5, 5.41) is 3.77. The second-order valence-electron chi connectivity index (χ2n) is 6.36. The largest absolute Gasteiger partial charge is 0.314 e. The number of halogens is 1. The van der Waals surface area contributed by atoms with Crippen LogP contribution in [0.15, 0.2) is 15.9 Å². The van der Waals surface area contributed by atoms with Gasteiger partial charge in [0.15, 0.2) is 0 Å². The molecule has 0 aliphatic carbocycles. The van der Waals surface area contributed by atoms with E-state index in [9.17, 15) is 0 Å². The highest BCUT2D eigenvalue weighted by molar-refractivity contribution is 9.11. The number of hydrogen-bond donors (Lipinski definition) is 1. The van der Waals surface area contributed by atoms with Crippen molar-refractivity contribution in [1.82, 2.24) is 10.2 Å². The van der Waals surface area contributed by atoms with Gasteiger partial charge in [-0.25, -0.2) is 0 Å². The summed E-state index contributed by atoms with van der Waals surface area (Å²) in [5.41, 5.74) is 0. The van der Waals surface area contributed by atoms with Crippen molar-refractivity contribution in [2.45, 2.75) is 57.2 Å². The summed E-state index contributed by atoms with van der Waals surface area (Å²) in [6.07, 6.45) is 6.80. The molecule has 2 bridgehead atoms. The van der Waals surface area contributed by atoms with Gasteiger partial charge in [-0.05, 0) is 79.7 Å². The fourth-order valence-corrected chi connectivity index (χ4v) is 5.67. The van der Waals surface area contributed by atoms with E-state index in [0.29, 0.717) is 6.04 Å². The Kier molecular flexibility index (Phi) is 4.86. The second kappa shape index (κ2) is 6.47. The van der Waals surface area contributed by atoms with Gasteiger partial charge in [0.1, 0.15) is 0 Å². The van der Waals surface area contributed by atoms with Gasteiger partial charge >= 0.3 is 0 Å². The Balaban J connectivity index is 1.67. The van der Waals surface area contributed by atoms with Gasteiger partial charge in [0, 0.05) is 23.0 Å². The van der Waals surface area contributed by atoms with Crippen molar-refractivity contribution in [2.24, 2.45) is 5.92 Å². The van der Waals surface area contributed by atoms with Gasteiger partial charge < -0.3 is 10.2 Å². The van der Waals surface area contributed by atoms with Crippen LogP contribution in [-0.2, 0) is 6.42 Å². The molecule has 3 heterocycles. The standard InChI is InChI=1S/C16H25BrN2S/c1-3-18-15(10-14-6-7-16(17)20-14)11-8-12-4-5-13(9-11)19(12)2/h6-7,11-13,15,18H,3-5,8-10H2,1-2H3. The monoisotopic (exact) mass is 356 g/mol. The number of fused-ring (bicyclic) bond motifs is 2. The van der Waals surface area contributed by atoms with Gasteiger partial charge in [-0.3, -0.25) is 0 Å². The molecular weight excluding hydrogens is 332 g/mol. The number of piperidine rings is 1. The number of hydrogen-bond acceptors (Lipinski definition) is 3. The molecule has 0 saturated carbocycles. The van der Waals surface area contributed by atoms with Gasteiger partial charge in [0.05, 0.1) is 3.79 Å². The molecule has 1 N–H and O–H groups in total. The van der Waals surface area contributed by atoms with Crippen LogP contribution in [0.25, 0.3) is 0 Å². The highest BCUT2D eigenvalue weighted by atomic mass is 79.9. The zero-order valence-corrected chi connectivity index (χ0v) is 14.8. The molecule has 2 saturated heterocycles. The molecule has 3 atom stereocenters. The summed E-state index contributed by atoms with van der Waals surface area (Å²) in [6, 6.07) is 6.80. The lowest BCUT2D eigenvalue weighted by Crippen LogP contribution is -2.47. The number of likely N-dealkylation sites (N-methyl/N-ethyl adjacent to an activating group) is 1. The van der Waals surface area contributed by atoms with Crippen LogP contribution in [0.3, 0.4) is 0 Å². The second-order valence-corrected chi connectivity index (χ2v) is 8.90. The maximum absolute atomic E-state index is 3.77. The highest BCUT2D eigenvalue weighted by Gasteiger charge is 2.40. The molecule has 0 amide bonds. The first-order chi connectivity index (χ1) is 9.67. The smallest absolute Gasteiger partial charge is 0.0701 e. The Hall–Kier alpha value is 0.1000. The topological polar surface area (TPSA) is 15.3 Å². The highest BCUT2D eigenvalue weighted by Crippen LogP contribution is 2.39. The first kappa shape index (κ1) is 15.0. The van der Waals surface area contributed by atoms with Crippen molar-refractivity contribution < 1.29 is 0 Å². The minimum Gasteiger partial charge on any atom is -0.314 e. The van der Waals surface area contributed by atoms with Crippen LogP contribution in [0.2, 0.25) is 0 Å². The molecule has 1 aromatic heterocycles. The molecule has 0 radical (unpaired) electrons. The van der Waals surface area contributed by atoms with E-state index in [4.69, 9.17) is 0 Å². The first-order valence-electron chi connectivity index (χ1n) is 7.87. The SMILES string of the molecule is CCNC(Cc1ccc(Br)s1)C1CC2CCC(C1)N2C. The molecule has 0 spiro atoms. The van der Waals surface area contributed by atoms with Crippen molar-refractivity contribution in [2.75, 3.05) is 13.6 Å². The molecule has 0 aromatic carbocycles. The number of nitrogens with one attached hydrogen (secondary N) is 1. The summed E-state index contributed by atoms with van der Waals surface area (Å²) in [6.45, 7) is 3.32. The van der Waals surface area contributed by atoms with Crippen LogP contribution in [0.1, 0.15) is 37.5 Å². The van der Waals surface area contributed by atoms with Crippen LogP contribution >= 0.6 is 27.3 Å². The number of nitrogens with zero attached hydrogens (tertiary/aromatic N) is 1. The van der Waals surface area contributed by atoms with Crippen LogP contribution < -0.4 is 5.32 Å². The minimum absolute atomic E-state index is 0.655. The fraction of sp³-hybridized carbons (Fsp3) is 0.750. The Morgan fingerprint density at radius 3 is 2.60 bits per heavy atom. The molecule has 3 unspecified atom stereocenters. The first-order valence-corrected chi connectivity index (χ1v) is 9.47. The lowest BCUT2D eigenvalue weighted by molar-refractivity contribution is 0.113. The number of rotatable bonds is 5. The summed E-state index contributed by atoms with van der Waals surface area (Å²) < 4.78 is 1.26. The third-order valence-electron chi connectivity index (χ3n) is 5.22. The molecule has 112 valence electrons. The van der Waals surface area contributed by atoms with Crippen molar-refractivity contribution >= 4 is 27.3 Å². The van der Waals surface area contributed by atoms with Gasteiger partial charge in [-0.2, -0.15) is 0 Å². The third kappa shape index (κ3) is 3.13. The lowest BCUT2D eigenvalue weighted by atomic mass is 9.83. The predicted octanol–water partition coefficient (Wildman–Crippen LogP) is 3.90. The summed E-state index contributed by atoms with van der Waals surface area (Å²) in [7, 11) is 2.33. The predicted molar refractivity (Wildman–Crippen MR) is 90.5 cm³/mol. The van der Waals surface area contributed by atoms with E-state index >= 15 is 0 Å². The zero-order chi connectivity index (χ0) is 14.1. The van der Waals surface area contributed by atoms with Crippen LogP contribution in [0, 0.1) is 5.92 Å². The molecule has 2 aliphatic heterocycles. The van der Waals surface area contributed by atoms with Gasteiger partial charge in [0.25, 0.3) is 0 Å². The summed E-state index contributed by atoms with van der Waals surface area (Å²) >= 11 is 5.48. The average molecular weight is 357 g/mol. The van der Waals surface area contributed by atoms with E-state index < -0.39 is 0 Å². The molecule has 20 heavy (non-hydrogen) atoms. The van der Waals surface area contributed by atoms with Crippen molar-refractivity contribution in [3.05, 3.63) is 20.8 Å². The van der Waals surface area contributed by atoms with Gasteiger partial charge in [-0.15, -0.1) is 11.3 Å². The van der Waals surface area contributed by atoms with Gasteiger partial charge in [0.2, 0.25) is 0 Å². The Bertz CT molecular complexity index is 433. The molecule has 2 aliphatic rings. The quantitative estimate of drug-likeness (QED) is 0.860. The van der Waals surface area contributed by atoms with E-state index in [1.54, 1.807) is 0 Å². The molecule has 1 aromatic rings. The molecule has 3 rings (SSSR count). The van der Waals surface area contributed by atoms with Crippen molar-refractivity contribution in [3.63, 3.8) is 0 Å². The molecular formula is C16H25BrN2S. The number of thiophene rings is 1. The summed E-state index contributed by atoms with van der Waals surface area (Å²) in [5.74, 6) is 0.851. The normalized spacial score (nSPS) is 31.6. The van der Waals surface area contributed by atoms with Crippen LogP contribution in [0.5, 0.6) is 0 Å². The summed E-state index contributed by atoms with van der Waals surface area (Å²) in [4.78, 5) is 4.15. The molecule has 2 nitrogen and oxygen atoms in total. The van der Waals surface area contributed by atoms with E-state index in [0.717, 1.165) is 24.5 Å². The fourth-order valence-electron chi connectivity index (χ4n) is 4.13. The average Bonchev–Trinajstić information content (AvgIpc) is 2.89. The van der Waals surface area contributed by atoms with E-state index in [1.165, 1.54) is 40.8 Å². The Morgan fingerprint density at radius 1 is 1.35 bits per heavy atom. The minimum atomic E-state index is 0.655. The van der Waals surface area contributed by atoms with Crippen molar-refractivity contribution in [1.29, 1.82) is 0 Å².